The largest absolute Gasteiger partial charge is 0.375 e. The Morgan fingerprint density at radius 3 is 2.88 bits per heavy atom. The van der Waals surface area contributed by atoms with Gasteiger partial charge in [-0.25, -0.2) is 0 Å². The topological polar surface area (TPSA) is 84.6 Å². The van der Waals surface area contributed by atoms with Gasteiger partial charge in [0.05, 0.1) is 11.6 Å². The summed E-state index contributed by atoms with van der Waals surface area (Å²) >= 11 is 0. The first-order valence-corrected chi connectivity index (χ1v) is 8.79. The Labute approximate surface area is 152 Å². The first-order chi connectivity index (χ1) is 12.6. The average Bonchev–Trinajstić information content (AvgIpc) is 3.20. The Kier molecular flexibility index (Phi) is 4.46. The van der Waals surface area contributed by atoms with Crippen LogP contribution in [0.3, 0.4) is 0 Å². The van der Waals surface area contributed by atoms with Crippen molar-refractivity contribution in [2.45, 2.75) is 19.4 Å². The van der Waals surface area contributed by atoms with Crippen molar-refractivity contribution in [3.05, 3.63) is 41.8 Å². The van der Waals surface area contributed by atoms with Crippen molar-refractivity contribution in [1.29, 1.82) is 0 Å². The van der Waals surface area contributed by atoms with E-state index in [0.717, 1.165) is 25.3 Å². The third-order valence-corrected chi connectivity index (χ3v) is 5.30. The molecule has 0 bridgehead atoms. The monoisotopic (exact) mass is 357 g/mol. The van der Waals surface area contributed by atoms with Gasteiger partial charge in [0.25, 0.3) is 0 Å². The molecule has 2 fully saturated rings. The van der Waals surface area contributed by atoms with Crippen molar-refractivity contribution >= 4 is 5.91 Å². The Morgan fingerprint density at radius 1 is 1.38 bits per heavy atom. The molecule has 8 nitrogen and oxygen atoms in total. The molecule has 2 aliphatic rings. The molecule has 26 heavy (non-hydrogen) atoms. The van der Waals surface area contributed by atoms with Crippen molar-refractivity contribution in [2.75, 3.05) is 39.9 Å². The van der Waals surface area contributed by atoms with Gasteiger partial charge in [-0.05, 0) is 19.1 Å². The van der Waals surface area contributed by atoms with Gasteiger partial charge in [0.2, 0.25) is 11.8 Å². The van der Waals surface area contributed by atoms with Crippen LogP contribution in [0, 0.1) is 12.3 Å². The maximum absolute atomic E-state index is 12.3. The molecule has 2 aliphatic heterocycles. The lowest BCUT2D eigenvalue weighted by Gasteiger charge is -2.50. The summed E-state index contributed by atoms with van der Waals surface area (Å²) in [7, 11) is 1.54. The molecular formula is C18H23N5O3. The molecule has 1 spiro atoms. The molecule has 0 radical (unpaired) electrons. The fourth-order valence-corrected chi connectivity index (χ4v) is 4.17. The second-order valence-electron chi connectivity index (χ2n) is 7.27. The molecule has 2 aromatic rings. The fraction of sp³-hybridized carbons (Fsp3) is 0.556. The van der Waals surface area contributed by atoms with E-state index in [9.17, 15) is 4.79 Å². The molecule has 2 aromatic heterocycles. The number of ether oxygens (including phenoxy) is 1. The van der Waals surface area contributed by atoms with Crippen LogP contribution in [0.15, 0.2) is 28.9 Å². The van der Waals surface area contributed by atoms with Crippen molar-refractivity contribution in [2.24, 2.45) is 5.41 Å². The molecule has 4 heterocycles. The maximum Gasteiger partial charge on any atom is 0.248 e. The predicted octanol–water partition coefficient (Wildman–Crippen LogP) is 0.847. The van der Waals surface area contributed by atoms with Crippen LogP contribution in [-0.2, 0) is 16.1 Å². The molecular weight excluding hydrogens is 334 g/mol. The van der Waals surface area contributed by atoms with E-state index in [0.29, 0.717) is 24.8 Å². The molecule has 0 aromatic carbocycles. The highest BCUT2D eigenvalue weighted by Crippen LogP contribution is 2.49. The van der Waals surface area contributed by atoms with E-state index < -0.39 is 0 Å². The molecule has 2 saturated heterocycles. The SMILES string of the molecule is COCC(=O)N1CC(c2nc(C)no2)C2(CN(Cc3ccccn3)C2)C1. The van der Waals surface area contributed by atoms with Crippen molar-refractivity contribution in [3.63, 3.8) is 0 Å². The van der Waals surface area contributed by atoms with E-state index in [4.69, 9.17) is 9.26 Å². The highest BCUT2D eigenvalue weighted by molar-refractivity contribution is 5.78. The summed E-state index contributed by atoms with van der Waals surface area (Å²) in [6.45, 7) is 5.78. The van der Waals surface area contributed by atoms with Gasteiger partial charge in [0.1, 0.15) is 6.61 Å². The molecule has 1 unspecified atom stereocenters. The number of hydrogen-bond donors (Lipinski definition) is 0. The summed E-state index contributed by atoms with van der Waals surface area (Å²) in [5, 5.41) is 3.94. The number of likely N-dealkylation sites (tertiary alicyclic amines) is 2. The first-order valence-electron chi connectivity index (χ1n) is 8.79. The van der Waals surface area contributed by atoms with Gasteiger partial charge in [0.15, 0.2) is 5.82 Å². The van der Waals surface area contributed by atoms with Gasteiger partial charge in [-0.2, -0.15) is 4.98 Å². The van der Waals surface area contributed by atoms with Crippen LogP contribution in [0.1, 0.15) is 23.3 Å². The summed E-state index contributed by atoms with van der Waals surface area (Å²) in [6.07, 6.45) is 1.82. The summed E-state index contributed by atoms with van der Waals surface area (Å²) in [5.74, 6) is 1.33. The Morgan fingerprint density at radius 2 is 2.23 bits per heavy atom. The number of aromatic nitrogens is 3. The minimum atomic E-state index is -0.0445. The number of carbonyl (C=O) groups excluding carboxylic acids is 1. The number of nitrogens with zero attached hydrogens (tertiary/aromatic N) is 5. The van der Waals surface area contributed by atoms with E-state index in [-0.39, 0.29) is 23.8 Å². The molecule has 1 atom stereocenters. The summed E-state index contributed by atoms with van der Waals surface area (Å²) in [5.41, 5.74) is 1.01. The lowest BCUT2D eigenvalue weighted by atomic mass is 9.71. The summed E-state index contributed by atoms with van der Waals surface area (Å²) in [4.78, 5) is 25.4. The number of amides is 1. The van der Waals surface area contributed by atoms with Crippen LogP contribution in [0.5, 0.6) is 0 Å². The van der Waals surface area contributed by atoms with E-state index in [1.807, 2.05) is 36.2 Å². The fourth-order valence-electron chi connectivity index (χ4n) is 4.17. The quantitative estimate of drug-likeness (QED) is 0.784. The molecule has 0 saturated carbocycles. The molecule has 0 N–H and O–H groups in total. The van der Waals surface area contributed by atoms with Crippen molar-refractivity contribution < 1.29 is 14.1 Å². The van der Waals surface area contributed by atoms with E-state index in [1.165, 1.54) is 0 Å². The molecule has 4 rings (SSSR count). The highest BCUT2D eigenvalue weighted by atomic mass is 16.5. The second-order valence-corrected chi connectivity index (χ2v) is 7.27. The minimum absolute atomic E-state index is 0.00814. The lowest BCUT2D eigenvalue weighted by Crippen LogP contribution is -2.59. The number of hydrogen-bond acceptors (Lipinski definition) is 7. The second kappa shape index (κ2) is 6.77. The maximum atomic E-state index is 12.3. The summed E-state index contributed by atoms with van der Waals surface area (Å²) in [6, 6.07) is 5.96. The summed E-state index contributed by atoms with van der Waals surface area (Å²) < 4.78 is 10.5. The predicted molar refractivity (Wildman–Crippen MR) is 92.2 cm³/mol. The molecule has 8 heteroatoms. The van der Waals surface area contributed by atoms with Gasteiger partial charge < -0.3 is 14.2 Å². The molecule has 1 amide bonds. The highest BCUT2D eigenvalue weighted by Gasteiger charge is 2.57. The van der Waals surface area contributed by atoms with Crippen LogP contribution < -0.4 is 0 Å². The van der Waals surface area contributed by atoms with Gasteiger partial charge in [-0.3, -0.25) is 14.7 Å². The first kappa shape index (κ1) is 17.1. The van der Waals surface area contributed by atoms with Crippen LogP contribution >= 0.6 is 0 Å². The average molecular weight is 357 g/mol. The third kappa shape index (κ3) is 3.10. The molecule has 138 valence electrons. The van der Waals surface area contributed by atoms with Gasteiger partial charge >= 0.3 is 0 Å². The Balaban J connectivity index is 1.50. The molecule has 0 aliphatic carbocycles. The number of carbonyl (C=O) groups is 1. The van der Waals surface area contributed by atoms with Crippen molar-refractivity contribution in [1.82, 2.24) is 24.9 Å². The lowest BCUT2D eigenvalue weighted by molar-refractivity contribution is -0.135. The van der Waals surface area contributed by atoms with E-state index >= 15 is 0 Å². The van der Waals surface area contributed by atoms with E-state index in [1.54, 1.807) is 7.11 Å². The van der Waals surface area contributed by atoms with Crippen LogP contribution in [0.2, 0.25) is 0 Å². The van der Waals surface area contributed by atoms with Gasteiger partial charge in [0, 0.05) is 51.4 Å². The van der Waals surface area contributed by atoms with Crippen LogP contribution in [0.25, 0.3) is 0 Å². The van der Waals surface area contributed by atoms with Crippen molar-refractivity contribution in [3.8, 4) is 0 Å². The standard InChI is InChI=1S/C18H23N5O3/c1-13-20-17(26-21-13)15-8-23(16(24)9-25-2)12-18(15)10-22(11-18)7-14-5-3-4-6-19-14/h3-6,15H,7-12H2,1-2H3. The zero-order chi connectivity index (χ0) is 18.1. The Bertz CT molecular complexity index is 772. The van der Waals surface area contributed by atoms with Crippen LogP contribution in [0.4, 0.5) is 0 Å². The third-order valence-electron chi connectivity index (χ3n) is 5.30. The normalized spacial score (nSPS) is 21.9. The minimum Gasteiger partial charge on any atom is -0.375 e. The van der Waals surface area contributed by atoms with E-state index in [2.05, 4.69) is 20.0 Å². The smallest absolute Gasteiger partial charge is 0.248 e. The number of pyridine rings is 1. The zero-order valence-corrected chi connectivity index (χ0v) is 15.1. The van der Waals surface area contributed by atoms with Gasteiger partial charge in [-0.15, -0.1) is 0 Å². The number of aryl methyl sites for hydroxylation is 1. The Hall–Kier alpha value is -2.32. The van der Waals surface area contributed by atoms with Crippen LogP contribution in [-0.4, -0.2) is 70.7 Å². The number of methoxy groups -OCH3 is 1. The number of rotatable bonds is 5. The zero-order valence-electron chi connectivity index (χ0n) is 15.1. The van der Waals surface area contributed by atoms with Gasteiger partial charge in [-0.1, -0.05) is 11.2 Å².